The van der Waals surface area contributed by atoms with E-state index in [9.17, 15) is 0 Å². The van der Waals surface area contributed by atoms with Gasteiger partial charge in [-0.25, -0.2) is 0 Å². The molecule has 11 aromatic carbocycles. The molecule has 0 aliphatic heterocycles. The molecular weight excluding hydrogens is 725 g/mol. The number of furan rings is 1. The van der Waals surface area contributed by atoms with Crippen molar-refractivity contribution in [1.29, 1.82) is 0 Å². The standard InChI is InChI=1S/C59H36O/c1-3-16-41(17-4-1)59(42-18-5-2-6-19-42)53-32-31-46-44(39-28-33-56-52(35-39)47-22-11-12-25-55(47)60-56)23-13-24-48(46)58(53)50-30-27-40(36-54(50)59)57-45-21-10-8-15-38(45)34-51-43-20-9-7-14-37(43)26-29-49(51)57/h1-36H. The van der Waals surface area contributed by atoms with Gasteiger partial charge in [-0.1, -0.05) is 188 Å². The summed E-state index contributed by atoms with van der Waals surface area (Å²) >= 11 is 0. The Balaban J connectivity index is 1.13. The number of rotatable bonds is 4. The zero-order valence-corrected chi connectivity index (χ0v) is 32.7. The van der Waals surface area contributed by atoms with Gasteiger partial charge in [-0.3, -0.25) is 0 Å². The smallest absolute Gasteiger partial charge is 0.135 e. The highest BCUT2D eigenvalue weighted by Crippen LogP contribution is 2.59. The van der Waals surface area contributed by atoms with Crippen LogP contribution in [0.25, 0.3) is 98.4 Å². The summed E-state index contributed by atoms with van der Waals surface area (Å²) in [4.78, 5) is 0. The number of benzene rings is 11. The van der Waals surface area contributed by atoms with Gasteiger partial charge in [0.15, 0.2) is 0 Å². The second-order valence-electron chi connectivity index (χ2n) is 16.3. The third-order valence-electron chi connectivity index (χ3n) is 13.3. The Morgan fingerprint density at radius 2 is 0.917 bits per heavy atom. The fourth-order valence-electron chi connectivity index (χ4n) is 10.8. The highest BCUT2D eigenvalue weighted by atomic mass is 16.3. The van der Waals surface area contributed by atoms with Crippen LogP contribution in [0.1, 0.15) is 22.3 Å². The van der Waals surface area contributed by atoms with Gasteiger partial charge in [-0.05, 0) is 129 Å². The van der Waals surface area contributed by atoms with Crippen molar-refractivity contribution in [2.75, 3.05) is 0 Å². The van der Waals surface area contributed by atoms with Crippen LogP contribution in [0.15, 0.2) is 223 Å². The number of hydrogen-bond donors (Lipinski definition) is 0. The maximum Gasteiger partial charge on any atom is 0.135 e. The summed E-state index contributed by atoms with van der Waals surface area (Å²) in [5.41, 5.74) is 13.9. The molecule has 0 amide bonds. The zero-order valence-electron chi connectivity index (χ0n) is 32.7. The molecule has 1 heterocycles. The summed E-state index contributed by atoms with van der Waals surface area (Å²) in [6.07, 6.45) is 0. The first-order valence-corrected chi connectivity index (χ1v) is 20.8. The first-order valence-electron chi connectivity index (χ1n) is 20.8. The van der Waals surface area contributed by atoms with E-state index in [1.807, 2.05) is 6.07 Å². The maximum absolute atomic E-state index is 6.25. The van der Waals surface area contributed by atoms with Crippen LogP contribution >= 0.6 is 0 Å². The monoisotopic (exact) mass is 760 g/mol. The van der Waals surface area contributed by atoms with Gasteiger partial charge in [0.2, 0.25) is 0 Å². The van der Waals surface area contributed by atoms with Crippen LogP contribution in [0.4, 0.5) is 0 Å². The van der Waals surface area contributed by atoms with E-state index in [0.29, 0.717) is 0 Å². The molecule has 0 spiro atoms. The van der Waals surface area contributed by atoms with Crippen molar-refractivity contribution in [2.45, 2.75) is 5.41 Å². The number of hydrogen-bond acceptors (Lipinski definition) is 1. The van der Waals surface area contributed by atoms with Crippen molar-refractivity contribution in [3.63, 3.8) is 0 Å². The topological polar surface area (TPSA) is 13.1 Å². The van der Waals surface area contributed by atoms with Gasteiger partial charge in [0, 0.05) is 10.8 Å². The van der Waals surface area contributed by atoms with Gasteiger partial charge in [0.1, 0.15) is 11.2 Å². The second-order valence-corrected chi connectivity index (χ2v) is 16.3. The van der Waals surface area contributed by atoms with Gasteiger partial charge in [0.25, 0.3) is 0 Å². The molecule has 1 heteroatoms. The highest BCUT2D eigenvalue weighted by molar-refractivity contribution is 6.20. The number of para-hydroxylation sites is 1. The first-order chi connectivity index (χ1) is 29.8. The van der Waals surface area contributed by atoms with Crippen LogP contribution in [-0.4, -0.2) is 0 Å². The van der Waals surface area contributed by atoms with E-state index in [-0.39, 0.29) is 0 Å². The largest absolute Gasteiger partial charge is 0.456 e. The minimum Gasteiger partial charge on any atom is -0.456 e. The molecule has 0 fully saturated rings. The van der Waals surface area contributed by atoms with Crippen LogP contribution in [0, 0.1) is 0 Å². The average Bonchev–Trinajstić information content (AvgIpc) is 3.84. The lowest BCUT2D eigenvalue weighted by Gasteiger charge is -2.34. The molecule has 13 rings (SSSR count). The fourth-order valence-corrected chi connectivity index (χ4v) is 10.8. The summed E-state index contributed by atoms with van der Waals surface area (Å²) in [7, 11) is 0. The minimum absolute atomic E-state index is 0.560. The molecule has 1 aromatic heterocycles. The molecule has 278 valence electrons. The summed E-state index contributed by atoms with van der Waals surface area (Å²) in [6, 6.07) is 80.9. The minimum atomic E-state index is -0.560. The van der Waals surface area contributed by atoms with Crippen LogP contribution in [0.2, 0.25) is 0 Å². The molecule has 1 aliphatic rings. The second kappa shape index (κ2) is 12.6. The Bertz CT molecular complexity index is 3660. The van der Waals surface area contributed by atoms with E-state index in [2.05, 4.69) is 212 Å². The summed E-state index contributed by atoms with van der Waals surface area (Å²) in [5.74, 6) is 0. The van der Waals surface area contributed by atoms with E-state index >= 15 is 0 Å². The Labute approximate surface area is 347 Å². The van der Waals surface area contributed by atoms with Crippen molar-refractivity contribution in [2.24, 2.45) is 0 Å². The summed E-state index contributed by atoms with van der Waals surface area (Å²) < 4.78 is 6.25. The van der Waals surface area contributed by atoms with Crippen LogP contribution in [-0.2, 0) is 5.41 Å². The van der Waals surface area contributed by atoms with Gasteiger partial charge < -0.3 is 4.42 Å². The highest BCUT2D eigenvalue weighted by Gasteiger charge is 2.47. The molecule has 1 aliphatic carbocycles. The van der Waals surface area contributed by atoms with Gasteiger partial charge >= 0.3 is 0 Å². The molecule has 0 N–H and O–H groups in total. The predicted octanol–water partition coefficient (Wildman–Crippen LogP) is 15.9. The normalized spacial score (nSPS) is 13.1. The van der Waals surface area contributed by atoms with Crippen molar-refractivity contribution < 1.29 is 4.42 Å². The first kappa shape index (κ1) is 33.3. The molecular formula is C59H36O. The van der Waals surface area contributed by atoms with Crippen LogP contribution in [0.3, 0.4) is 0 Å². The van der Waals surface area contributed by atoms with E-state index in [4.69, 9.17) is 4.42 Å². The maximum atomic E-state index is 6.25. The summed E-state index contributed by atoms with van der Waals surface area (Å²) in [5, 5.41) is 12.4. The lowest BCUT2D eigenvalue weighted by molar-refractivity contribution is 0.669. The van der Waals surface area contributed by atoms with E-state index in [1.54, 1.807) is 0 Å². The molecule has 60 heavy (non-hydrogen) atoms. The van der Waals surface area contributed by atoms with Crippen molar-refractivity contribution >= 4 is 65.0 Å². The Morgan fingerprint density at radius 3 is 1.73 bits per heavy atom. The van der Waals surface area contributed by atoms with Crippen molar-refractivity contribution in [1.82, 2.24) is 0 Å². The predicted molar refractivity (Wildman–Crippen MR) is 252 cm³/mol. The Morgan fingerprint density at radius 1 is 0.283 bits per heavy atom. The van der Waals surface area contributed by atoms with Crippen molar-refractivity contribution in [3.8, 4) is 33.4 Å². The quantitative estimate of drug-likeness (QED) is 0.129. The molecule has 0 atom stereocenters. The zero-order chi connectivity index (χ0) is 39.4. The lowest BCUT2D eigenvalue weighted by Crippen LogP contribution is -2.28. The summed E-state index contributed by atoms with van der Waals surface area (Å²) in [6.45, 7) is 0. The molecule has 12 aromatic rings. The van der Waals surface area contributed by atoms with Crippen LogP contribution < -0.4 is 0 Å². The third-order valence-corrected chi connectivity index (χ3v) is 13.3. The third kappa shape index (κ3) is 4.58. The fraction of sp³-hybridized carbons (Fsp3) is 0.0169. The van der Waals surface area contributed by atoms with Gasteiger partial charge in [-0.2, -0.15) is 0 Å². The van der Waals surface area contributed by atoms with E-state index in [0.717, 1.165) is 21.9 Å². The molecule has 0 saturated heterocycles. The number of fused-ring (bicyclic) bond motifs is 12. The molecule has 0 radical (unpaired) electrons. The van der Waals surface area contributed by atoms with Gasteiger partial charge in [0.05, 0.1) is 5.41 Å². The Hall–Kier alpha value is -7.74. The van der Waals surface area contributed by atoms with Crippen molar-refractivity contribution in [3.05, 3.63) is 241 Å². The van der Waals surface area contributed by atoms with E-state index < -0.39 is 5.41 Å². The van der Waals surface area contributed by atoms with E-state index in [1.165, 1.54) is 98.7 Å². The lowest BCUT2D eigenvalue weighted by atomic mass is 9.67. The Kier molecular flexibility index (Phi) is 7.00. The molecule has 1 nitrogen and oxygen atoms in total. The molecule has 0 saturated carbocycles. The average molecular weight is 761 g/mol. The van der Waals surface area contributed by atoms with Crippen LogP contribution in [0.5, 0.6) is 0 Å². The SMILES string of the molecule is c1ccc(C2(c3ccccc3)c3cc(-c4c5ccccc5cc5c4ccc4ccccc45)ccc3-c3c2ccc2c(-c4ccc5oc6ccccc6c5c4)cccc32)cc1. The molecule has 0 unspecified atom stereocenters. The molecule has 0 bridgehead atoms. The van der Waals surface area contributed by atoms with Gasteiger partial charge in [-0.15, -0.1) is 0 Å².